The number of ether oxygens (including phenoxy) is 1. The Morgan fingerprint density at radius 3 is 2.70 bits per heavy atom. The van der Waals surface area contributed by atoms with E-state index in [1.807, 2.05) is 60.8 Å². The highest BCUT2D eigenvalue weighted by Crippen LogP contribution is 2.27. The number of amides is 1. The average molecular weight is 419 g/mol. The first-order chi connectivity index (χ1) is 14.6. The van der Waals surface area contributed by atoms with Crippen LogP contribution in [-0.2, 0) is 17.6 Å². The van der Waals surface area contributed by atoms with E-state index in [0.717, 1.165) is 28.3 Å². The molecule has 1 N–H and O–H groups in total. The average Bonchev–Trinajstić information content (AvgIpc) is 3.39. The van der Waals surface area contributed by atoms with Crippen molar-refractivity contribution in [3.8, 4) is 16.5 Å². The van der Waals surface area contributed by atoms with Crippen molar-refractivity contribution in [3.63, 3.8) is 0 Å². The molecule has 6 heteroatoms. The third-order valence-corrected chi connectivity index (χ3v) is 5.61. The number of thiophene rings is 1. The molecule has 2 aromatic carbocycles. The molecule has 30 heavy (non-hydrogen) atoms. The van der Waals surface area contributed by atoms with Crippen molar-refractivity contribution in [2.45, 2.75) is 19.8 Å². The van der Waals surface area contributed by atoms with Gasteiger partial charge in [0.2, 0.25) is 11.8 Å². The monoisotopic (exact) mass is 418 g/mol. The number of carbonyl (C=O) groups is 1. The first-order valence-electron chi connectivity index (χ1n) is 9.63. The molecule has 0 bridgehead atoms. The Morgan fingerprint density at radius 2 is 1.97 bits per heavy atom. The first kappa shape index (κ1) is 19.9. The van der Waals surface area contributed by atoms with Gasteiger partial charge in [0.1, 0.15) is 11.5 Å². The van der Waals surface area contributed by atoms with E-state index in [4.69, 9.17) is 9.15 Å². The molecule has 4 aromatic rings. The summed E-state index contributed by atoms with van der Waals surface area (Å²) in [6, 6.07) is 19.7. The van der Waals surface area contributed by atoms with Crippen LogP contribution in [0.3, 0.4) is 0 Å². The van der Waals surface area contributed by atoms with Gasteiger partial charge in [0.25, 0.3) is 0 Å². The minimum absolute atomic E-state index is 0.139. The molecule has 0 radical (unpaired) electrons. The summed E-state index contributed by atoms with van der Waals surface area (Å²) < 4.78 is 11.2. The van der Waals surface area contributed by atoms with Crippen LogP contribution in [0.1, 0.15) is 22.6 Å². The van der Waals surface area contributed by atoms with Crippen LogP contribution in [0.15, 0.2) is 70.5 Å². The Kier molecular flexibility index (Phi) is 5.95. The van der Waals surface area contributed by atoms with Crippen LogP contribution in [0.2, 0.25) is 0 Å². The highest BCUT2D eigenvalue weighted by atomic mass is 32.1. The molecule has 0 atom stereocenters. The van der Waals surface area contributed by atoms with Gasteiger partial charge in [0.15, 0.2) is 0 Å². The quantitative estimate of drug-likeness (QED) is 0.431. The largest absolute Gasteiger partial charge is 0.496 e. The van der Waals surface area contributed by atoms with Crippen LogP contribution >= 0.6 is 11.3 Å². The molecule has 0 saturated carbocycles. The van der Waals surface area contributed by atoms with Gasteiger partial charge in [-0.25, -0.2) is 4.98 Å². The van der Waals surface area contributed by atoms with E-state index in [2.05, 4.69) is 22.4 Å². The van der Waals surface area contributed by atoms with Gasteiger partial charge in [0.05, 0.1) is 24.1 Å². The number of hydrogen-bond donors (Lipinski definition) is 1. The number of anilines is 1. The topological polar surface area (TPSA) is 64.4 Å². The van der Waals surface area contributed by atoms with Crippen LogP contribution in [0.25, 0.3) is 10.8 Å². The van der Waals surface area contributed by atoms with Crippen molar-refractivity contribution in [1.29, 1.82) is 0 Å². The molecule has 152 valence electrons. The third-order valence-electron chi connectivity index (χ3n) is 4.75. The van der Waals surface area contributed by atoms with Crippen LogP contribution < -0.4 is 10.1 Å². The molecule has 1 amide bonds. The van der Waals surface area contributed by atoms with Gasteiger partial charge in [-0.1, -0.05) is 36.4 Å². The van der Waals surface area contributed by atoms with E-state index in [0.29, 0.717) is 17.3 Å². The number of aryl methyl sites for hydroxylation is 1. The predicted octanol–water partition coefficient (Wildman–Crippen LogP) is 5.49. The van der Waals surface area contributed by atoms with Gasteiger partial charge in [-0.05, 0) is 42.1 Å². The van der Waals surface area contributed by atoms with E-state index in [1.54, 1.807) is 18.4 Å². The fraction of sp³-hybridized carbons (Fsp3) is 0.167. The molecule has 2 aromatic heterocycles. The minimum atomic E-state index is -0.139. The number of aromatic nitrogens is 1. The molecule has 0 unspecified atom stereocenters. The second kappa shape index (κ2) is 8.97. The lowest BCUT2D eigenvalue weighted by Crippen LogP contribution is -2.15. The Balaban J connectivity index is 1.47. The Morgan fingerprint density at radius 1 is 1.13 bits per heavy atom. The van der Waals surface area contributed by atoms with Crippen molar-refractivity contribution in [3.05, 3.63) is 88.6 Å². The number of methoxy groups -OCH3 is 1. The van der Waals surface area contributed by atoms with Crippen molar-refractivity contribution in [1.82, 2.24) is 4.98 Å². The number of rotatable bonds is 7. The van der Waals surface area contributed by atoms with Gasteiger partial charge in [-0.15, -0.1) is 11.3 Å². The Bertz CT molecular complexity index is 1130. The smallest absolute Gasteiger partial charge is 0.236 e. The standard InChI is InChI=1S/C24H22N2O3S/c1-16-20(26-24(29-16)22-9-6-12-30-22)15-23(27)25-19-10-11-21(28-2)18(14-19)13-17-7-4-3-5-8-17/h3-12,14H,13,15H2,1-2H3,(H,25,27). The summed E-state index contributed by atoms with van der Waals surface area (Å²) in [6.45, 7) is 1.83. The summed E-state index contributed by atoms with van der Waals surface area (Å²) in [5, 5.41) is 4.94. The molecular formula is C24H22N2O3S. The normalized spacial score (nSPS) is 10.7. The number of carbonyl (C=O) groups excluding carboxylic acids is 1. The van der Waals surface area contributed by atoms with Crippen LogP contribution in [0, 0.1) is 6.92 Å². The minimum Gasteiger partial charge on any atom is -0.496 e. The van der Waals surface area contributed by atoms with Gasteiger partial charge >= 0.3 is 0 Å². The maximum absolute atomic E-state index is 12.6. The summed E-state index contributed by atoms with van der Waals surface area (Å²) in [5.41, 5.74) is 3.57. The third kappa shape index (κ3) is 4.60. The highest BCUT2D eigenvalue weighted by molar-refractivity contribution is 7.13. The summed E-state index contributed by atoms with van der Waals surface area (Å²) in [5.74, 6) is 1.87. The molecule has 5 nitrogen and oxygen atoms in total. The van der Waals surface area contributed by atoms with Crippen LogP contribution in [0.4, 0.5) is 5.69 Å². The van der Waals surface area contributed by atoms with Crippen LogP contribution in [-0.4, -0.2) is 18.0 Å². The second-order valence-corrected chi connectivity index (χ2v) is 7.86. The number of benzene rings is 2. The molecule has 0 aliphatic carbocycles. The van der Waals surface area contributed by atoms with Gasteiger partial charge < -0.3 is 14.5 Å². The van der Waals surface area contributed by atoms with Crippen LogP contribution in [0.5, 0.6) is 5.75 Å². The lowest BCUT2D eigenvalue weighted by Gasteiger charge is -2.12. The van der Waals surface area contributed by atoms with Crippen molar-refractivity contribution in [2.24, 2.45) is 0 Å². The lowest BCUT2D eigenvalue weighted by atomic mass is 10.0. The zero-order valence-corrected chi connectivity index (χ0v) is 17.7. The van der Waals surface area contributed by atoms with Gasteiger partial charge in [-0.2, -0.15) is 0 Å². The van der Waals surface area contributed by atoms with Crippen molar-refractivity contribution >= 4 is 22.9 Å². The molecule has 0 fully saturated rings. The zero-order valence-electron chi connectivity index (χ0n) is 16.8. The number of oxazole rings is 1. The second-order valence-electron chi connectivity index (χ2n) is 6.91. The summed E-state index contributed by atoms with van der Waals surface area (Å²) in [6.07, 6.45) is 0.876. The number of nitrogens with one attached hydrogen (secondary N) is 1. The van der Waals surface area contributed by atoms with Crippen molar-refractivity contribution < 1.29 is 13.9 Å². The molecule has 0 aliphatic heterocycles. The zero-order chi connectivity index (χ0) is 20.9. The van der Waals surface area contributed by atoms with E-state index in [9.17, 15) is 4.79 Å². The lowest BCUT2D eigenvalue weighted by molar-refractivity contribution is -0.115. The van der Waals surface area contributed by atoms with E-state index in [-0.39, 0.29) is 12.3 Å². The SMILES string of the molecule is COc1ccc(NC(=O)Cc2nc(-c3cccs3)oc2C)cc1Cc1ccccc1. The van der Waals surface area contributed by atoms with Gasteiger partial charge in [0, 0.05) is 17.7 Å². The molecule has 0 aliphatic rings. The number of nitrogens with zero attached hydrogens (tertiary/aromatic N) is 1. The number of hydrogen-bond acceptors (Lipinski definition) is 5. The van der Waals surface area contributed by atoms with E-state index >= 15 is 0 Å². The van der Waals surface area contributed by atoms with Gasteiger partial charge in [-0.3, -0.25) is 4.79 Å². The fourth-order valence-corrected chi connectivity index (χ4v) is 3.91. The maximum atomic E-state index is 12.6. The fourth-order valence-electron chi connectivity index (χ4n) is 3.27. The summed E-state index contributed by atoms with van der Waals surface area (Å²) >= 11 is 1.56. The Hall–Kier alpha value is -3.38. The molecule has 4 rings (SSSR count). The summed E-state index contributed by atoms with van der Waals surface area (Å²) in [4.78, 5) is 18.1. The molecule has 2 heterocycles. The Labute approximate surface area is 179 Å². The molecular weight excluding hydrogens is 396 g/mol. The maximum Gasteiger partial charge on any atom is 0.236 e. The molecule has 0 spiro atoms. The van der Waals surface area contributed by atoms with E-state index < -0.39 is 0 Å². The predicted molar refractivity (Wildman–Crippen MR) is 119 cm³/mol. The first-order valence-corrected chi connectivity index (χ1v) is 10.5. The van der Waals surface area contributed by atoms with Crippen molar-refractivity contribution in [2.75, 3.05) is 12.4 Å². The molecule has 0 saturated heterocycles. The summed E-state index contributed by atoms with van der Waals surface area (Å²) in [7, 11) is 1.65. The highest BCUT2D eigenvalue weighted by Gasteiger charge is 2.16. The van der Waals surface area contributed by atoms with E-state index in [1.165, 1.54) is 5.56 Å².